The molecule has 0 aliphatic heterocycles. The molecule has 0 heterocycles. The van der Waals surface area contributed by atoms with Crippen molar-refractivity contribution in [2.45, 2.75) is 72.3 Å². The summed E-state index contributed by atoms with van der Waals surface area (Å²) in [6, 6.07) is 1.06. The summed E-state index contributed by atoms with van der Waals surface area (Å²) in [4.78, 5) is 0. The van der Waals surface area contributed by atoms with Crippen molar-refractivity contribution in [1.82, 2.24) is 0 Å². The summed E-state index contributed by atoms with van der Waals surface area (Å²) >= 11 is 0. The largest absolute Gasteiger partial charge is 0.439 e. The van der Waals surface area contributed by atoms with Gasteiger partial charge < -0.3 is 12.3 Å². The molecule has 0 fully saturated rings. The maximum Gasteiger partial charge on any atom is 0.315 e. The second kappa shape index (κ2) is 7.15. The molecule has 0 aromatic rings. The minimum atomic E-state index is -2.09. The molecule has 116 valence electrons. The Morgan fingerprint density at radius 2 is 1.32 bits per heavy atom. The van der Waals surface area contributed by atoms with E-state index in [0.717, 1.165) is 6.04 Å². The summed E-state index contributed by atoms with van der Waals surface area (Å²) in [5, 5.41) is 0. The van der Waals surface area contributed by atoms with Gasteiger partial charge in [-0.3, -0.25) is 0 Å². The van der Waals surface area contributed by atoms with Crippen molar-refractivity contribution in [1.29, 1.82) is 0 Å². The lowest BCUT2D eigenvalue weighted by molar-refractivity contribution is 0.337. The Morgan fingerprint density at radius 1 is 0.842 bits per heavy atom. The van der Waals surface area contributed by atoms with Crippen LogP contribution in [0.4, 0.5) is 0 Å². The van der Waals surface area contributed by atoms with Gasteiger partial charge in [0.15, 0.2) is 16.6 Å². The predicted molar refractivity (Wildman–Crippen MR) is 94.2 cm³/mol. The molecule has 2 atom stereocenters. The predicted octanol–water partition coefficient (Wildman–Crippen LogP) is 4.28. The Kier molecular flexibility index (Phi) is 7.43. The van der Waals surface area contributed by atoms with Gasteiger partial charge in [0.25, 0.3) is 9.28 Å². The van der Waals surface area contributed by atoms with Crippen molar-refractivity contribution in [3.05, 3.63) is 0 Å². The number of rotatable bonds is 8. The minimum absolute atomic E-state index is 0.612. The summed E-state index contributed by atoms with van der Waals surface area (Å²) in [5.74, 6) is 0.612. The van der Waals surface area contributed by atoms with Crippen molar-refractivity contribution in [3.63, 3.8) is 0 Å². The van der Waals surface area contributed by atoms with Crippen molar-refractivity contribution >= 4 is 34.5 Å². The molecule has 0 spiro atoms. The first kappa shape index (κ1) is 19.7. The molecule has 19 heavy (non-hydrogen) atoms. The Labute approximate surface area is 125 Å². The molecule has 0 bridgehead atoms. The van der Waals surface area contributed by atoms with Crippen molar-refractivity contribution in [3.8, 4) is 0 Å². The Hall–Kier alpha value is 0.748. The molecular formula is C12H34O3Si4. The molecule has 2 unspecified atom stereocenters. The fourth-order valence-corrected chi connectivity index (χ4v) is 17.8. The monoisotopic (exact) mass is 338 g/mol. The van der Waals surface area contributed by atoms with E-state index in [9.17, 15) is 0 Å². The van der Waals surface area contributed by atoms with Crippen LogP contribution in [0.3, 0.4) is 0 Å². The summed E-state index contributed by atoms with van der Waals surface area (Å²) in [6.07, 6.45) is 0. The standard InChI is InChI=1S/C12H34O3Si4/c1-12(2)11-19(10,15-18(7,8)9)14-16(3)13-17(4,5)6/h12,16H,11H2,1-10H3. The molecule has 0 saturated heterocycles. The molecule has 7 heteroatoms. The van der Waals surface area contributed by atoms with Gasteiger partial charge in [-0.25, -0.2) is 0 Å². The lowest BCUT2D eigenvalue weighted by Gasteiger charge is -2.38. The van der Waals surface area contributed by atoms with Crippen LogP contribution in [0.2, 0.25) is 58.4 Å². The molecule has 0 aromatic heterocycles. The van der Waals surface area contributed by atoms with Gasteiger partial charge in [-0.05, 0) is 64.3 Å². The second-order valence-corrected chi connectivity index (χ2v) is 22.8. The first-order valence-corrected chi connectivity index (χ1v) is 18.7. The van der Waals surface area contributed by atoms with Gasteiger partial charge in [0.2, 0.25) is 0 Å². The van der Waals surface area contributed by atoms with Crippen LogP contribution in [0, 0.1) is 5.92 Å². The van der Waals surface area contributed by atoms with Crippen LogP contribution in [0.5, 0.6) is 0 Å². The summed E-state index contributed by atoms with van der Waals surface area (Å²) in [7, 11) is -6.74. The third-order valence-corrected chi connectivity index (χ3v) is 15.4. The summed E-state index contributed by atoms with van der Waals surface area (Å²) < 4.78 is 19.0. The molecule has 0 aliphatic rings. The molecular weight excluding hydrogens is 304 g/mol. The Morgan fingerprint density at radius 3 is 1.63 bits per heavy atom. The van der Waals surface area contributed by atoms with Gasteiger partial charge in [0, 0.05) is 0 Å². The smallest absolute Gasteiger partial charge is 0.315 e. The van der Waals surface area contributed by atoms with E-state index in [2.05, 4.69) is 66.2 Å². The SMILES string of the molecule is CC(C)C[Si](C)(O[SiH](C)O[Si](C)(C)C)O[Si](C)(C)C. The van der Waals surface area contributed by atoms with Crippen LogP contribution in [0.25, 0.3) is 0 Å². The van der Waals surface area contributed by atoms with Crippen LogP contribution < -0.4 is 0 Å². The first-order valence-electron chi connectivity index (χ1n) is 7.28. The fourth-order valence-electron chi connectivity index (χ4n) is 2.38. The van der Waals surface area contributed by atoms with E-state index in [1.165, 1.54) is 0 Å². The van der Waals surface area contributed by atoms with Crippen LogP contribution in [-0.2, 0) is 12.3 Å². The van der Waals surface area contributed by atoms with Gasteiger partial charge in [-0.15, -0.1) is 0 Å². The van der Waals surface area contributed by atoms with Gasteiger partial charge in [-0.1, -0.05) is 13.8 Å². The van der Waals surface area contributed by atoms with E-state index in [1.54, 1.807) is 0 Å². The van der Waals surface area contributed by atoms with Gasteiger partial charge in [0.05, 0.1) is 0 Å². The van der Waals surface area contributed by atoms with E-state index >= 15 is 0 Å². The highest BCUT2D eigenvalue weighted by molar-refractivity contribution is 6.85. The van der Waals surface area contributed by atoms with E-state index < -0.39 is 34.5 Å². The molecule has 0 amide bonds. The second-order valence-electron chi connectivity index (χ2n) is 7.86. The zero-order valence-electron chi connectivity index (χ0n) is 14.6. The highest BCUT2D eigenvalue weighted by atomic mass is 28.5. The minimum Gasteiger partial charge on any atom is -0.439 e. The van der Waals surface area contributed by atoms with E-state index in [4.69, 9.17) is 12.3 Å². The Balaban J connectivity index is 4.76. The average molecular weight is 339 g/mol. The maximum atomic E-state index is 6.45. The lowest BCUT2D eigenvalue weighted by atomic mass is 10.3. The first-order chi connectivity index (χ1) is 8.22. The normalized spacial score (nSPS) is 18.5. The molecule has 3 nitrogen and oxygen atoms in total. The fraction of sp³-hybridized carbons (Fsp3) is 1.00. The number of hydrogen-bond acceptors (Lipinski definition) is 3. The molecule has 0 aliphatic carbocycles. The average Bonchev–Trinajstić information content (AvgIpc) is 1.89. The maximum absolute atomic E-state index is 6.45. The molecule has 0 rings (SSSR count). The lowest BCUT2D eigenvalue weighted by Crippen LogP contribution is -2.52. The summed E-state index contributed by atoms with van der Waals surface area (Å²) in [5.41, 5.74) is 0. The Bertz CT molecular complexity index is 273. The number of hydrogen-bond donors (Lipinski definition) is 0. The zero-order chi connectivity index (χ0) is 15.5. The highest BCUT2D eigenvalue weighted by Gasteiger charge is 2.39. The quantitative estimate of drug-likeness (QED) is 0.618. The van der Waals surface area contributed by atoms with Crippen LogP contribution in [-0.4, -0.2) is 34.5 Å². The van der Waals surface area contributed by atoms with Crippen molar-refractivity contribution < 1.29 is 12.3 Å². The molecule has 0 aromatic carbocycles. The van der Waals surface area contributed by atoms with E-state index in [0.29, 0.717) is 5.92 Å². The van der Waals surface area contributed by atoms with Crippen LogP contribution >= 0.6 is 0 Å². The highest BCUT2D eigenvalue weighted by Crippen LogP contribution is 2.25. The van der Waals surface area contributed by atoms with E-state index in [1.807, 2.05) is 0 Å². The molecule has 0 saturated carbocycles. The van der Waals surface area contributed by atoms with Gasteiger partial charge in [0.1, 0.15) is 0 Å². The molecule has 0 radical (unpaired) electrons. The summed E-state index contributed by atoms with van der Waals surface area (Å²) in [6.45, 7) is 22.3. The van der Waals surface area contributed by atoms with Crippen molar-refractivity contribution in [2.75, 3.05) is 0 Å². The van der Waals surface area contributed by atoms with Crippen LogP contribution in [0.15, 0.2) is 0 Å². The van der Waals surface area contributed by atoms with Gasteiger partial charge in [-0.2, -0.15) is 0 Å². The topological polar surface area (TPSA) is 27.7 Å². The third kappa shape index (κ3) is 11.1. The molecule has 0 N–H and O–H groups in total. The zero-order valence-corrected chi connectivity index (χ0v) is 18.7. The van der Waals surface area contributed by atoms with Crippen LogP contribution in [0.1, 0.15) is 13.8 Å². The third-order valence-electron chi connectivity index (χ3n) is 2.24. The van der Waals surface area contributed by atoms with Crippen molar-refractivity contribution in [2.24, 2.45) is 5.92 Å². The van der Waals surface area contributed by atoms with Gasteiger partial charge >= 0.3 is 8.56 Å². The van der Waals surface area contributed by atoms with E-state index in [-0.39, 0.29) is 0 Å².